The number of carboxylic acid groups (broad SMARTS) is 1. The highest BCUT2D eigenvalue weighted by atomic mass is 16.4. The molecule has 1 aromatic carbocycles. The van der Waals surface area contributed by atoms with E-state index in [2.05, 4.69) is 5.10 Å². The van der Waals surface area contributed by atoms with Crippen molar-refractivity contribution in [3.8, 4) is 5.69 Å². The third kappa shape index (κ3) is 3.90. The minimum absolute atomic E-state index is 0.00294. The van der Waals surface area contributed by atoms with E-state index in [1.807, 2.05) is 42.2 Å². The predicted molar refractivity (Wildman–Crippen MR) is 93.8 cm³/mol. The first-order valence-electron chi connectivity index (χ1n) is 8.70. The number of rotatable bonds is 5. The summed E-state index contributed by atoms with van der Waals surface area (Å²) < 4.78 is 1.72. The summed E-state index contributed by atoms with van der Waals surface area (Å²) in [6, 6.07) is 9.68. The summed E-state index contributed by atoms with van der Waals surface area (Å²) in [5, 5.41) is 13.4. The minimum atomic E-state index is -0.814. The van der Waals surface area contributed by atoms with Crippen LogP contribution in [0.3, 0.4) is 0 Å². The molecule has 132 valence electrons. The van der Waals surface area contributed by atoms with Crippen molar-refractivity contribution >= 4 is 11.9 Å². The summed E-state index contributed by atoms with van der Waals surface area (Å²) in [4.78, 5) is 25.8. The standard InChI is InChI=1S/C19H23N3O3/c1-14-17(13-22(20-14)16-8-3-2-4-9-16)19(25)21-12-6-5-7-15(21)10-11-18(23)24/h2-4,8-9,13,15H,5-7,10-12H2,1H3,(H,23,24)/t15-/m1/s1. The van der Waals surface area contributed by atoms with Gasteiger partial charge in [-0.3, -0.25) is 9.59 Å². The van der Waals surface area contributed by atoms with Gasteiger partial charge in [0.1, 0.15) is 0 Å². The van der Waals surface area contributed by atoms with Crippen molar-refractivity contribution < 1.29 is 14.7 Å². The van der Waals surface area contributed by atoms with Gasteiger partial charge in [-0.15, -0.1) is 0 Å². The van der Waals surface area contributed by atoms with Crippen LogP contribution in [0.5, 0.6) is 0 Å². The molecule has 0 saturated carbocycles. The van der Waals surface area contributed by atoms with Crippen molar-refractivity contribution in [3.05, 3.63) is 47.8 Å². The quantitative estimate of drug-likeness (QED) is 0.907. The molecule has 6 nitrogen and oxygen atoms in total. The first-order chi connectivity index (χ1) is 12.1. The Hall–Kier alpha value is -2.63. The maximum Gasteiger partial charge on any atom is 0.303 e. The zero-order valence-corrected chi connectivity index (χ0v) is 14.4. The molecule has 3 rings (SSSR count). The molecule has 25 heavy (non-hydrogen) atoms. The lowest BCUT2D eigenvalue weighted by Gasteiger charge is -2.35. The second kappa shape index (κ2) is 7.51. The van der Waals surface area contributed by atoms with E-state index in [0.29, 0.717) is 24.2 Å². The molecule has 1 atom stereocenters. The van der Waals surface area contributed by atoms with Crippen LogP contribution < -0.4 is 0 Å². The van der Waals surface area contributed by atoms with E-state index in [4.69, 9.17) is 5.11 Å². The Bertz CT molecular complexity index is 755. The Morgan fingerprint density at radius 2 is 2.00 bits per heavy atom. The summed E-state index contributed by atoms with van der Waals surface area (Å²) in [6.07, 6.45) is 5.24. The Morgan fingerprint density at radius 3 is 2.72 bits per heavy atom. The molecule has 1 aliphatic rings. The number of nitrogens with zero attached hydrogens (tertiary/aromatic N) is 3. The maximum atomic E-state index is 13.0. The van der Waals surface area contributed by atoms with Gasteiger partial charge in [0.2, 0.25) is 0 Å². The van der Waals surface area contributed by atoms with Gasteiger partial charge in [0.05, 0.1) is 16.9 Å². The van der Waals surface area contributed by atoms with Crippen LogP contribution in [0.15, 0.2) is 36.5 Å². The summed E-state index contributed by atoms with van der Waals surface area (Å²) in [7, 11) is 0. The van der Waals surface area contributed by atoms with Gasteiger partial charge >= 0.3 is 5.97 Å². The first-order valence-corrected chi connectivity index (χ1v) is 8.70. The van der Waals surface area contributed by atoms with Crippen LogP contribution in [0, 0.1) is 6.92 Å². The molecule has 1 amide bonds. The van der Waals surface area contributed by atoms with E-state index in [1.54, 1.807) is 10.9 Å². The van der Waals surface area contributed by atoms with Crippen LogP contribution in [-0.2, 0) is 4.79 Å². The number of hydrogen-bond acceptors (Lipinski definition) is 3. The van der Waals surface area contributed by atoms with Gasteiger partial charge in [-0.25, -0.2) is 4.68 Å². The third-order valence-corrected chi connectivity index (χ3v) is 4.73. The summed E-state index contributed by atoms with van der Waals surface area (Å²) in [5.74, 6) is -0.860. The third-order valence-electron chi connectivity index (χ3n) is 4.73. The molecule has 1 saturated heterocycles. The Balaban J connectivity index is 1.81. The Kier molecular flexibility index (Phi) is 5.16. The number of para-hydroxylation sites is 1. The van der Waals surface area contributed by atoms with Gasteiger partial charge in [0.25, 0.3) is 5.91 Å². The molecular weight excluding hydrogens is 318 g/mol. The number of carboxylic acids is 1. The number of aliphatic carboxylic acids is 1. The monoisotopic (exact) mass is 341 g/mol. The summed E-state index contributed by atoms with van der Waals surface area (Å²) in [6.45, 7) is 2.52. The molecule has 0 spiro atoms. The van der Waals surface area contributed by atoms with Crippen molar-refractivity contribution in [1.29, 1.82) is 0 Å². The molecule has 1 fully saturated rings. The van der Waals surface area contributed by atoms with Crippen molar-refractivity contribution in [3.63, 3.8) is 0 Å². The molecule has 1 aromatic heterocycles. The minimum Gasteiger partial charge on any atom is -0.481 e. The summed E-state index contributed by atoms with van der Waals surface area (Å²) in [5.41, 5.74) is 2.19. The molecular formula is C19H23N3O3. The van der Waals surface area contributed by atoms with E-state index < -0.39 is 5.97 Å². The zero-order chi connectivity index (χ0) is 17.8. The van der Waals surface area contributed by atoms with Crippen molar-refractivity contribution in [2.75, 3.05) is 6.54 Å². The fourth-order valence-electron chi connectivity index (χ4n) is 3.40. The summed E-state index contributed by atoms with van der Waals surface area (Å²) >= 11 is 0. The van der Waals surface area contributed by atoms with Gasteiger partial charge in [0, 0.05) is 25.2 Å². The van der Waals surface area contributed by atoms with Gasteiger partial charge in [0.15, 0.2) is 0 Å². The highest BCUT2D eigenvalue weighted by Gasteiger charge is 2.29. The molecule has 0 radical (unpaired) electrons. The molecule has 0 unspecified atom stereocenters. The van der Waals surface area contributed by atoms with Crippen LogP contribution in [0.2, 0.25) is 0 Å². The SMILES string of the molecule is Cc1nn(-c2ccccc2)cc1C(=O)N1CCCC[C@@H]1CCC(=O)O. The van der Waals surface area contributed by atoms with Crippen LogP contribution in [0.25, 0.3) is 5.69 Å². The molecule has 0 aliphatic carbocycles. The van der Waals surface area contributed by atoms with Crippen LogP contribution in [-0.4, -0.2) is 44.3 Å². The number of aryl methyl sites for hydroxylation is 1. The highest BCUT2D eigenvalue weighted by molar-refractivity contribution is 5.95. The predicted octanol–water partition coefficient (Wildman–Crippen LogP) is 3.04. The molecule has 6 heteroatoms. The Morgan fingerprint density at radius 1 is 1.24 bits per heavy atom. The molecule has 2 heterocycles. The first kappa shape index (κ1) is 17.2. The van der Waals surface area contributed by atoms with Gasteiger partial charge in [-0.2, -0.15) is 5.10 Å². The normalized spacial score (nSPS) is 17.5. The Labute approximate surface area is 147 Å². The number of benzene rings is 1. The van der Waals surface area contributed by atoms with E-state index in [-0.39, 0.29) is 18.4 Å². The zero-order valence-electron chi connectivity index (χ0n) is 14.4. The van der Waals surface area contributed by atoms with Gasteiger partial charge in [-0.05, 0) is 44.7 Å². The molecule has 1 aliphatic heterocycles. The smallest absolute Gasteiger partial charge is 0.303 e. The van der Waals surface area contributed by atoms with Crippen molar-refractivity contribution in [2.45, 2.75) is 45.1 Å². The lowest BCUT2D eigenvalue weighted by Crippen LogP contribution is -2.44. The number of amides is 1. The van der Waals surface area contributed by atoms with E-state index in [9.17, 15) is 9.59 Å². The average molecular weight is 341 g/mol. The van der Waals surface area contributed by atoms with Gasteiger partial charge < -0.3 is 10.0 Å². The topological polar surface area (TPSA) is 75.4 Å². The van der Waals surface area contributed by atoms with Crippen molar-refractivity contribution in [2.24, 2.45) is 0 Å². The van der Waals surface area contributed by atoms with E-state index in [0.717, 1.165) is 24.9 Å². The number of likely N-dealkylation sites (tertiary alicyclic amines) is 1. The number of carbonyl (C=O) groups excluding carboxylic acids is 1. The lowest BCUT2D eigenvalue weighted by atomic mass is 9.97. The van der Waals surface area contributed by atoms with E-state index >= 15 is 0 Å². The number of piperidine rings is 1. The fraction of sp³-hybridized carbons (Fsp3) is 0.421. The highest BCUT2D eigenvalue weighted by Crippen LogP contribution is 2.24. The maximum absolute atomic E-state index is 13.0. The fourth-order valence-corrected chi connectivity index (χ4v) is 3.40. The van der Waals surface area contributed by atoms with Crippen LogP contribution in [0.4, 0.5) is 0 Å². The number of carbonyl (C=O) groups is 2. The van der Waals surface area contributed by atoms with Crippen molar-refractivity contribution in [1.82, 2.24) is 14.7 Å². The van der Waals surface area contributed by atoms with Crippen LogP contribution >= 0.6 is 0 Å². The second-order valence-corrected chi connectivity index (χ2v) is 6.49. The van der Waals surface area contributed by atoms with E-state index in [1.165, 1.54) is 0 Å². The average Bonchev–Trinajstić information content (AvgIpc) is 3.02. The van der Waals surface area contributed by atoms with Gasteiger partial charge in [-0.1, -0.05) is 18.2 Å². The molecule has 0 bridgehead atoms. The number of hydrogen-bond donors (Lipinski definition) is 1. The second-order valence-electron chi connectivity index (χ2n) is 6.49. The lowest BCUT2D eigenvalue weighted by molar-refractivity contribution is -0.137. The number of aromatic nitrogens is 2. The van der Waals surface area contributed by atoms with Crippen LogP contribution in [0.1, 0.15) is 48.2 Å². The molecule has 1 N–H and O–H groups in total. The largest absolute Gasteiger partial charge is 0.481 e. The molecule has 2 aromatic rings.